The van der Waals surface area contributed by atoms with Gasteiger partial charge in [0.25, 0.3) is 0 Å². The molecule has 72 valence electrons. The number of rotatable bonds is 2. The third kappa shape index (κ3) is 2.47. The highest BCUT2D eigenvalue weighted by molar-refractivity contribution is 9.10. The predicted octanol–water partition coefficient (Wildman–Crippen LogP) is 4.23. The molecule has 8 heteroatoms. The molecule has 0 aliphatic carbocycles. The number of alkyl halides is 5. The number of hydrogen-bond acceptors (Lipinski definition) is 0. The SMILES string of the molecule is FC(Cl)=C(F)C(F)(Cl)C(F)(F)Br. The van der Waals surface area contributed by atoms with Crippen LogP contribution in [0.5, 0.6) is 0 Å². The largest absolute Gasteiger partial charge is 0.355 e. The van der Waals surface area contributed by atoms with E-state index in [0.29, 0.717) is 0 Å². The van der Waals surface area contributed by atoms with Gasteiger partial charge in [0, 0.05) is 0 Å². The van der Waals surface area contributed by atoms with Crippen molar-refractivity contribution in [3.05, 3.63) is 11.1 Å². The molecule has 0 rings (SSSR count). The van der Waals surface area contributed by atoms with Crippen LogP contribution in [-0.2, 0) is 0 Å². The Balaban J connectivity index is 5.01. The first-order valence-electron chi connectivity index (χ1n) is 2.26. The highest BCUT2D eigenvalue weighted by Crippen LogP contribution is 2.48. The maximum Gasteiger partial charge on any atom is 0.355 e. The van der Waals surface area contributed by atoms with E-state index >= 15 is 0 Å². The Hall–Kier alpha value is 0.450. The quantitative estimate of drug-likeness (QED) is 0.528. The Morgan fingerprint density at radius 1 is 1.17 bits per heavy atom. The van der Waals surface area contributed by atoms with Crippen LogP contribution in [0.2, 0.25) is 0 Å². The zero-order valence-corrected chi connectivity index (χ0v) is 8.12. The van der Waals surface area contributed by atoms with Gasteiger partial charge in [-0.2, -0.15) is 13.2 Å². The molecule has 0 fully saturated rings. The van der Waals surface area contributed by atoms with Crippen molar-refractivity contribution in [2.24, 2.45) is 0 Å². The van der Waals surface area contributed by atoms with E-state index < -0.39 is 21.1 Å². The first-order valence-corrected chi connectivity index (χ1v) is 3.81. The molecule has 0 aliphatic rings. The normalized spacial score (nSPS) is 20.0. The van der Waals surface area contributed by atoms with Gasteiger partial charge in [0.05, 0.1) is 0 Å². The van der Waals surface area contributed by atoms with Gasteiger partial charge in [-0.1, -0.05) is 11.6 Å². The highest BCUT2D eigenvalue weighted by atomic mass is 79.9. The molecule has 0 heterocycles. The molecular formula is C4BrCl2F5. The van der Waals surface area contributed by atoms with Gasteiger partial charge in [0.2, 0.25) is 11.1 Å². The first kappa shape index (κ1) is 12.4. The lowest BCUT2D eigenvalue weighted by Crippen LogP contribution is -2.34. The van der Waals surface area contributed by atoms with Crippen molar-refractivity contribution in [2.45, 2.75) is 9.96 Å². The summed E-state index contributed by atoms with van der Waals surface area (Å²) in [5.41, 5.74) is 0. The third-order valence-electron chi connectivity index (χ3n) is 0.798. The summed E-state index contributed by atoms with van der Waals surface area (Å²) < 4.78 is 60.4. The molecule has 1 unspecified atom stereocenters. The molecule has 0 amide bonds. The van der Waals surface area contributed by atoms with E-state index in [4.69, 9.17) is 0 Å². The monoisotopic (exact) mass is 292 g/mol. The van der Waals surface area contributed by atoms with Gasteiger partial charge >= 0.3 is 9.96 Å². The molecule has 12 heavy (non-hydrogen) atoms. The first-order chi connectivity index (χ1) is 5.10. The van der Waals surface area contributed by atoms with Crippen molar-refractivity contribution in [2.75, 3.05) is 0 Å². The molecule has 0 saturated heterocycles. The average Bonchev–Trinajstić information content (AvgIpc) is 1.83. The fourth-order valence-corrected chi connectivity index (χ4v) is 0.679. The van der Waals surface area contributed by atoms with E-state index in [-0.39, 0.29) is 0 Å². The Morgan fingerprint density at radius 2 is 1.50 bits per heavy atom. The van der Waals surface area contributed by atoms with Crippen LogP contribution in [0.25, 0.3) is 0 Å². The summed E-state index contributed by atoms with van der Waals surface area (Å²) in [4.78, 5) is -4.45. The average molecular weight is 294 g/mol. The van der Waals surface area contributed by atoms with Gasteiger partial charge in [0.15, 0.2) is 0 Å². The van der Waals surface area contributed by atoms with Crippen molar-refractivity contribution < 1.29 is 22.0 Å². The summed E-state index contributed by atoms with van der Waals surface area (Å²) in [6.07, 6.45) is 0. The summed E-state index contributed by atoms with van der Waals surface area (Å²) in [5, 5.41) is -6.58. The minimum atomic E-state index is -4.45. The molecule has 1 atom stereocenters. The molecule has 0 aromatic rings. The molecule has 0 radical (unpaired) electrons. The zero-order chi connectivity index (χ0) is 10.2. The van der Waals surface area contributed by atoms with Crippen LogP contribution in [-0.4, -0.2) is 9.96 Å². The minimum Gasteiger partial charge on any atom is -0.210 e. The van der Waals surface area contributed by atoms with Gasteiger partial charge in [-0.05, 0) is 27.5 Å². The van der Waals surface area contributed by atoms with E-state index in [1.54, 1.807) is 0 Å². The Bertz CT molecular complexity index is 204. The lowest BCUT2D eigenvalue weighted by molar-refractivity contribution is 0.00319. The van der Waals surface area contributed by atoms with Crippen molar-refractivity contribution in [1.82, 2.24) is 0 Å². The second-order valence-corrected chi connectivity index (χ2v) is 3.50. The molecule has 0 bridgehead atoms. The summed E-state index contributed by atoms with van der Waals surface area (Å²) in [5.74, 6) is -2.58. The van der Waals surface area contributed by atoms with Crippen LogP contribution in [0.15, 0.2) is 11.1 Å². The predicted molar refractivity (Wildman–Crippen MR) is 38.7 cm³/mol. The Labute approximate surface area is 82.4 Å². The minimum absolute atomic E-state index is 1.43. The van der Waals surface area contributed by atoms with E-state index in [1.807, 2.05) is 0 Å². The molecular weight excluding hydrogens is 294 g/mol. The highest BCUT2D eigenvalue weighted by Gasteiger charge is 2.57. The lowest BCUT2D eigenvalue weighted by atomic mass is 10.3. The number of hydrogen-bond donors (Lipinski definition) is 0. The van der Waals surface area contributed by atoms with E-state index in [2.05, 4.69) is 23.2 Å². The Kier molecular flexibility index (Phi) is 3.81. The van der Waals surface area contributed by atoms with Crippen molar-refractivity contribution in [3.63, 3.8) is 0 Å². The second-order valence-electron chi connectivity index (χ2n) is 1.65. The van der Waals surface area contributed by atoms with Crippen molar-refractivity contribution in [1.29, 1.82) is 0 Å². The van der Waals surface area contributed by atoms with E-state index in [0.717, 1.165) is 0 Å². The number of halogens is 8. The maximum absolute atomic E-state index is 12.5. The summed E-state index contributed by atoms with van der Waals surface area (Å²) in [7, 11) is 0. The van der Waals surface area contributed by atoms with Crippen LogP contribution in [0, 0.1) is 0 Å². The van der Waals surface area contributed by atoms with Gasteiger partial charge in [-0.25, -0.2) is 8.78 Å². The van der Waals surface area contributed by atoms with Gasteiger partial charge in [-0.3, -0.25) is 0 Å². The fourth-order valence-electron chi connectivity index (χ4n) is 0.243. The van der Waals surface area contributed by atoms with Crippen LogP contribution in [0.4, 0.5) is 22.0 Å². The molecule has 0 spiro atoms. The maximum atomic E-state index is 12.5. The van der Waals surface area contributed by atoms with Gasteiger partial charge < -0.3 is 0 Å². The lowest BCUT2D eigenvalue weighted by Gasteiger charge is -2.20. The van der Waals surface area contributed by atoms with E-state index in [1.165, 1.54) is 15.9 Å². The van der Waals surface area contributed by atoms with E-state index in [9.17, 15) is 22.0 Å². The van der Waals surface area contributed by atoms with Crippen LogP contribution in [0.3, 0.4) is 0 Å². The molecule has 0 nitrogen and oxygen atoms in total. The third-order valence-corrected chi connectivity index (χ3v) is 2.14. The van der Waals surface area contributed by atoms with Crippen LogP contribution < -0.4 is 0 Å². The molecule has 0 saturated carbocycles. The number of allylic oxidation sites excluding steroid dienone is 1. The smallest absolute Gasteiger partial charge is 0.210 e. The van der Waals surface area contributed by atoms with Gasteiger partial charge in [-0.15, -0.1) is 0 Å². The zero-order valence-electron chi connectivity index (χ0n) is 5.02. The van der Waals surface area contributed by atoms with Crippen molar-refractivity contribution in [3.8, 4) is 0 Å². The fraction of sp³-hybridized carbons (Fsp3) is 0.500. The summed E-state index contributed by atoms with van der Waals surface area (Å²) in [6, 6.07) is 0. The topological polar surface area (TPSA) is 0 Å². The Morgan fingerprint density at radius 3 is 1.58 bits per heavy atom. The van der Waals surface area contributed by atoms with Crippen LogP contribution in [0.1, 0.15) is 0 Å². The summed E-state index contributed by atoms with van der Waals surface area (Å²) in [6.45, 7) is 0. The molecule has 0 N–H and O–H groups in total. The molecule has 0 aromatic carbocycles. The molecule has 0 aromatic heterocycles. The van der Waals surface area contributed by atoms with Crippen LogP contribution >= 0.6 is 39.1 Å². The second kappa shape index (κ2) is 3.67. The van der Waals surface area contributed by atoms with Crippen molar-refractivity contribution >= 4 is 39.1 Å². The molecule has 0 aliphatic heterocycles. The van der Waals surface area contributed by atoms with Gasteiger partial charge in [0.1, 0.15) is 0 Å². The summed E-state index contributed by atoms with van der Waals surface area (Å²) >= 11 is 10.0. The standard InChI is InChI=1S/C4BrCl2F5/c5-4(11,12)3(7,10)1(8)2(6)9.